The summed E-state index contributed by atoms with van der Waals surface area (Å²) >= 11 is 0. The number of allylic oxidation sites excluding steroid dienone is 2. The number of hydrogen-bond donors (Lipinski definition) is 2. The van der Waals surface area contributed by atoms with Crippen LogP contribution in [-0.4, -0.2) is 12.5 Å². The Balaban J connectivity index is 1.62. The molecule has 1 aromatic rings. The van der Waals surface area contributed by atoms with Gasteiger partial charge in [-0.3, -0.25) is 4.79 Å². The quantitative estimate of drug-likeness (QED) is 0.797. The molecule has 2 aliphatic carbocycles. The van der Waals surface area contributed by atoms with Crippen molar-refractivity contribution in [2.75, 3.05) is 11.9 Å². The van der Waals surface area contributed by atoms with Crippen molar-refractivity contribution in [1.82, 2.24) is 0 Å². The number of anilines is 1. The SMILES string of the molecule is NC(=O)c1cccc(NC[C@@H]2C[C@H]3C=C[C@H]2C3)c1. The molecule has 18 heavy (non-hydrogen) atoms. The lowest BCUT2D eigenvalue weighted by atomic mass is 9.93. The highest BCUT2D eigenvalue weighted by atomic mass is 16.1. The summed E-state index contributed by atoms with van der Waals surface area (Å²) in [6, 6.07) is 7.41. The number of carbonyl (C=O) groups excluding carboxylic acids is 1. The number of nitrogens with one attached hydrogen (secondary N) is 1. The summed E-state index contributed by atoms with van der Waals surface area (Å²) in [6.07, 6.45) is 7.34. The molecule has 1 fully saturated rings. The fourth-order valence-electron chi connectivity index (χ4n) is 3.16. The molecule has 3 heteroatoms. The number of rotatable bonds is 4. The molecule has 3 nitrogen and oxygen atoms in total. The zero-order valence-electron chi connectivity index (χ0n) is 10.3. The van der Waals surface area contributed by atoms with E-state index in [1.54, 1.807) is 6.07 Å². The number of amides is 1. The van der Waals surface area contributed by atoms with Crippen LogP contribution in [0.4, 0.5) is 5.69 Å². The first-order valence-corrected chi connectivity index (χ1v) is 6.54. The van der Waals surface area contributed by atoms with E-state index in [9.17, 15) is 4.79 Å². The number of primary amides is 1. The molecule has 0 unspecified atom stereocenters. The maximum absolute atomic E-state index is 11.1. The van der Waals surface area contributed by atoms with Gasteiger partial charge in [-0.25, -0.2) is 0 Å². The molecule has 1 saturated carbocycles. The number of nitrogens with two attached hydrogens (primary N) is 1. The van der Waals surface area contributed by atoms with Gasteiger partial charge < -0.3 is 11.1 Å². The second-order valence-corrected chi connectivity index (χ2v) is 5.37. The van der Waals surface area contributed by atoms with E-state index in [2.05, 4.69) is 17.5 Å². The minimum atomic E-state index is -0.374. The lowest BCUT2D eigenvalue weighted by molar-refractivity contribution is 0.100. The first kappa shape index (κ1) is 11.3. The maximum Gasteiger partial charge on any atom is 0.248 e. The highest BCUT2D eigenvalue weighted by Crippen LogP contribution is 2.43. The van der Waals surface area contributed by atoms with E-state index in [0.717, 1.165) is 30.0 Å². The van der Waals surface area contributed by atoms with E-state index in [4.69, 9.17) is 5.73 Å². The van der Waals surface area contributed by atoms with Crippen molar-refractivity contribution in [3.63, 3.8) is 0 Å². The summed E-state index contributed by atoms with van der Waals surface area (Å²) in [5.41, 5.74) is 6.82. The average molecular weight is 242 g/mol. The molecule has 2 bridgehead atoms. The first-order valence-electron chi connectivity index (χ1n) is 6.54. The highest BCUT2D eigenvalue weighted by Gasteiger charge is 2.35. The predicted molar refractivity (Wildman–Crippen MR) is 72.3 cm³/mol. The topological polar surface area (TPSA) is 55.1 Å². The standard InChI is InChI=1S/C15H18N2O/c16-15(18)12-2-1-3-14(8-12)17-9-13-7-10-4-5-11(13)6-10/h1-5,8,10-11,13,17H,6-7,9H2,(H2,16,18)/t10-,11-,13-/m0/s1. The van der Waals surface area contributed by atoms with Crippen molar-refractivity contribution in [3.05, 3.63) is 42.0 Å². The van der Waals surface area contributed by atoms with Crippen LogP contribution in [0.1, 0.15) is 23.2 Å². The van der Waals surface area contributed by atoms with Crippen LogP contribution in [0.2, 0.25) is 0 Å². The van der Waals surface area contributed by atoms with Crippen molar-refractivity contribution in [3.8, 4) is 0 Å². The molecular weight excluding hydrogens is 224 g/mol. The third kappa shape index (κ3) is 2.13. The fourth-order valence-corrected chi connectivity index (χ4v) is 3.16. The van der Waals surface area contributed by atoms with E-state index in [0.29, 0.717) is 5.56 Å². The molecule has 1 aromatic carbocycles. The van der Waals surface area contributed by atoms with Gasteiger partial charge in [-0.2, -0.15) is 0 Å². The van der Waals surface area contributed by atoms with Gasteiger partial charge in [-0.15, -0.1) is 0 Å². The molecule has 0 heterocycles. The highest BCUT2D eigenvalue weighted by molar-refractivity contribution is 5.93. The molecule has 3 N–H and O–H groups in total. The number of carbonyl (C=O) groups is 1. The van der Waals surface area contributed by atoms with E-state index >= 15 is 0 Å². The van der Waals surface area contributed by atoms with Gasteiger partial charge in [0.05, 0.1) is 0 Å². The van der Waals surface area contributed by atoms with Crippen LogP contribution in [0.25, 0.3) is 0 Å². The second-order valence-electron chi connectivity index (χ2n) is 5.37. The summed E-state index contributed by atoms with van der Waals surface area (Å²) in [5, 5.41) is 3.43. The fraction of sp³-hybridized carbons (Fsp3) is 0.400. The van der Waals surface area contributed by atoms with Gasteiger partial charge in [0.15, 0.2) is 0 Å². The number of benzene rings is 1. The molecule has 0 radical (unpaired) electrons. The van der Waals surface area contributed by atoms with Gasteiger partial charge in [-0.05, 0) is 48.8 Å². The maximum atomic E-state index is 11.1. The van der Waals surface area contributed by atoms with Crippen molar-refractivity contribution >= 4 is 11.6 Å². The Hall–Kier alpha value is -1.77. The molecule has 2 aliphatic rings. The van der Waals surface area contributed by atoms with Crippen LogP contribution < -0.4 is 11.1 Å². The van der Waals surface area contributed by atoms with Gasteiger partial charge in [0.2, 0.25) is 5.91 Å². The average Bonchev–Trinajstić information content (AvgIpc) is 2.99. The number of fused-ring (bicyclic) bond motifs is 2. The zero-order chi connectivity index (χ0) is 12.5. The molecule has 0 spiro atoms. The van der Waals surface area contributed by atoms with E-state index in [-0.39, 0.29) is 5.91 Å². The Bertz CT molecular complexity index is 495. The van der Waals surface area contributed by atoms with Gasteiger partial charge in [-0.1, -0.05) is 18.2 Å². The summed E-state index contributed by atoms with van der Waals surface area (Å²) < 4.78 is 0. The Morgan fingerprint density at radius 3 is 2.89 bits per heavy atom. The Kier molecular flexibility index (Phi) is 2.82. The first-order chi connectivity index (χ1) is 8.72. The van der Waals surface area contributed by atoms with Gasteiger partial charge in [0.25, 0.3) is 0 Å². The van der Waals surface area contributed by atoms with Crippen LogP contribution in [0, 0.1) is 17.8 Å². The van der Waals surface area contributed by atoms with Crippen molar-refractivity contribution < 1.29 is 4.79 Å². The van der Waals surface area contributed by atoms with Crippen molar-refractivity contribution in [2.24, 2.45) is 23.5 Å². The van der Waals surface area contributed by atoms with Crippen LogP contribution in [-0.2, 0) is 0 Å². The van der Waals surface area contributed by atoms with Crippen LogP contribution in [0.5, 0.6) is 0 Å². The minimum Gasteiger partial charge on any atom is -0.385 e. The number of hydrogen-bond acceptors (Lipinski definition) is 2. The predicted octanol–water partition coefficient (Wildman–Crippen LogP) is 2.41. The molecular formula is C15H18N2O. The van der Waals surface area contributed by atoms with Crippen molar-refractivity contribution in [1.29, 1.82) is 0 Å². The van der Waals surface area contributed by atoms with Crippen LogP contribution in [0.15, 0.2) is 36.4 Å². The Labute approximate surface area is 107 Å². The lowest BCUT2D eigenvalue weighted by Gasteiger charge is -2.19. The minimum absolute atomic E-state index is 0.374. The van der Waals surface area contributed by atoms with E-state index < -0.39 is 0 Å². The van der Waals surface area contributed by atoms with Crippen LogP contribution in [0.3, 0.4) is 0 Å². The summed E-state index contributed by atoms with van der Waals surface area (Å²) in [5.74, 6) is 1.92. The van der Waals surface area contributed by atoms with E-state index in [1.165, 1.54) is 12.8 Å². The normalized spacial score (nSPS) is 28.6. The summed E-state index contributed by atoms with van der Waals surface area (Å²) in [4.78, 5) is 11.1. The molecule has 0 aromatic heterocycles. The lowest BCUT2D eigenvalue weighted by Crippen LogP contribution is -2.18. The largest absolute Gasteiger partial charge is 0.385 e. The molecule has 94 valence electrons. The van der Waals surface area contributed by atoms with Crippen LogP contribution >= 0.6 is 0 Å². The van der Waals surface area contributed by atoms with Gasteiger partial charge in [0, 0.05) is 17.8 Å². The monoisotopic (exact) mass is 242 g/mol. The zero-order valence-corrected chi connectivity index (χ0v) is 10.3. The summed E-state index contributed by atoms with van der Waals surface area (Å²) in [7, 11) is 0. The molecule has 3 rings (SSSR count). The Morgan fingerprint density at radius 1 is 1.33 bits per heavy atom. The third-order valence-electron chi connectivity index (χ3n) is 4.13. The molecule has 0 saturated heterocycles. The third-order valence-corrected chi connectivity index (χ3v) is 4.13. The van der Waals surface area contributed by atoms with Gasteiger partial charge >= 0.3 is 0 Å². The van der Waals surface area contributed by atoms with Gasteiger partial charge in [0.1, 0.15) is 0 Å². The molecule has 3 atom stereocenters. The smallest absolute Gasteiger partial charge is 0.248 e. The van der Waals surface area contributed by atoms with E-state index in [1.807, 2.05) is 18.2 Å². The second kappa shape index (κ2) is 4.48. The molecule has 0 aliphatic heterocycles. The van der Waals surface area contributed by atoms with Crippen molar-refractivity contribution in [2.45, 2.75) is 12.8 Å². The Morgan fingerprint density at radius 2 is 2.22 bits per heavy atom. The summed E-state index contributed by atoms with van der Waals surface area (Å²) in [6.45, 7) is 0.980. The molecule has 1 amide bonds.